The van der Waals surface area contributed by atoms with Crippen molar-refractivity contribution in [3.8, 4) is 11.5 Å². The van der Waals surface area contributed by atoms with Crippen LogP contribution in [0.4, 0.5) is 6.01 Å². The van der Waals surface area contributed by atoms with Gasteiger partial charge in [0.25, 0.3) is 0 Å². The highest BCUT2D eigenvalue weighted by atomic mass is 16.4. The molecule has 1 N–H and O–H groups in total. The number of rotatable bonds is 5. The van der Waals surface area contributed by atoms with Gasteiger partial charge in [-0.1, -0.05) is 24.5 Å². The lowest BCUT2D eigenvalue weighted by atomic mass is 9.90. The number of amides is 1. The molecule has 2 aromatic rings. The first kappa shape index (κ1) is 14.8. The highest BCUT2D eigenvalue weighted by molar-refractivity contribution is 5.88. The van der Waals surface area contributed by atoms with Crippen LogP contribution in [0.3, 0.4) is 0 Å². The molecule has 0 aliphatic heterocycles. The Bertz CT molecular complexity index is 664. The van der Waals surface area contributed by atoms with Gasteiger partial charge in [-0.25, -0.2) is 0 Å². The predicted octanol–water partition coefficient (Wildman–Crippen LogP) is 3.74. The van der Waals surface area contributed by atoms with E-state index in [4.69, 9.17) is 4.42 Å². The molecule has 1 aromatic carbocycles. The van der Waals surface area contributed by atoms with Gasteiger partial charge in [0.2, 0.25) is 11.8 Å². The Kier molecular flexibility index (Phi) is 4.51. The first-order valence-electron chi connectivity index (χ1n) is 8.02. The number of unbranched alkanes of at least 4 members (excludes halogenated alkanes) is 1. The van der Waals surface area contributed by atoms with Crippen LogP contribution in [-0.4, -0.2) is 16.1 Å². The Balaban J connectivity index is 1.72. The Morgan fingerprint density at radius 1 is 1.23 bits per heavy atom. The van der Waals surface area contributed by atoms with Gasteiger partial charge in [0.15, 0.2) is 0 Å². The van der Waals surface area contributed by atoms with E-state index >= 15 is 0 Å². The number of hydrogen-bond donors (Lipinski definition) is 1. The van der Waals surface area contributed by atoms with Gasteiger partial charge in [-0.05, 0) is 55.4 Å². The third-order valence-electron chi connectivity index (χ3n) is 4.02. The van der Waals surface area contributed by atoms with Crippen LogP contribution in [0.15, 0.2) is 22.6 Å². The van der Waals surface area contributed by atoms with Crippen LogP contribution in [0, 0.1) is 0 Å². The molecule has 1 aromatic heterocycles. The highest BCUT2D eigenvalue weighted by Crippen LogP contribution is 2.27. The topological polar surface area (TPSA) is 68.0 Å². The van der Waals surface area contributed by atoms with Gasteiger partial charge in [0, 0.05) is 12.0 Å². The molecule has 0 fully saturated rings. The maximum atomic E-state index is 11.7. The zero-order chi connectivity index (χ0) is 15.4. The predicted molar refractivity (Wildman–Crippen MR) is 84.5 cm³/mol. The van der Waals surface area contributed by atoms with E-state index in [2.05, 4.69) is 27.6 Å². The lowest BCUT2D eigenvalue weighted by Gasteiger charge is -2.15. The lowest BCUT2D eigenvalue weighted by Crippen LogP contribution is -2.11. The summed E-state index contributed by atoms with van der Waals surface area (Å²) in [5.74, 6) is 0.377. The summed E-state index contributed by atoms with van der Waals surface area (Å²) in [5, 5.41) is 10.6. The van der Waals surface area contributed by atoms with Crippen LogP contribution in [-0.2, 0) is 17.6 Å². The summed E-state index contributed by atoms with van der Waals surface area (Å²) in [6, 6.07) is 6.47. The smallest absolute Gasteiger partial charge is 0.322 e. The molecule has 1 heterocycles. The molecule has 0 saturated carbocycles. The molecule has 3 rings (SSSR count). The van der Waals surface area contributed by atoms with Crippen molar-refractivity contribution in [1.82, 2.24) is 10.2 Å². The van der Waals surface area contributed by atoms with Gasteiger partial charge < -0.3 is 4.42 Å². The van der Waals surface area contributed by atoms with E-state index in [1.807, 2.05) is 13.0 Å². The Morgan fingerprint density at radius 3 is 2.86 bits per heavy atom. The minimum atomic E-state index is -0.0810. The van der Waals surface area contributed by atoms with Gasteiger partial charge in [-0.15, -0.1) is 5.10 Å². The molecule has 5 heteroatoms. The van der Waals surface area contributed by atoms with Crippen molar-refractivity contribution in [3.63, 3.8) is 0 Å². The minimum absolute atomic E-state index is 0.0810. The molecule has 1 amide bonds. The van der Waals surface area contributed by atoms with Crippen molar-refractivity contribution >= 4 is 11.9 Å². The summed E-state index contributed by atoms with van der Waals surface area (Å²) >= 11 is 0. The highest BCUT2D eigenvalue weighted by Gasteiger charge is 2.14. The Hall–Kier alpha value is -2.17. The zero-order valence-electron chi connectivity index (χ0n) is 12.9. The summed E-state index contributed by atoms with van der Waals surface area (Å²) in [4.78, 5) is 11.7. The van der Waals surface area contributed by atoms with E-state index in [-0.39, 0.29) is 11.9 Å². The molecule has 0 spiro atoms. The molecule has 0 saturated heterocycles. The molecule has 0 unspecified atom stereocenters. The number of nitrogens with zero attached hydrogens (tertiary/aromatic N) is 2. The van der Waals surface area contributed by atoms with Gasteiger partial charge >= 0.3 is 6.01 Å². The second-order valence-corrected chi connectivity index (χ2v) is 5.75. The molecule has 22 heavy (non-hydrogen) atoms. The van der Waals surface area contributed by atoms with Crippen LogP contribution >= 0.6 is 0 Å². The van der Waals surface area contributed by atoms with Gasteiger partial charge in [-0.2, -0.15) is 0 Å². The number of aromatic nitrogens is 2. The minimum Gasteiger partial charge on any atom is -0.403 e. The van der Waals surface area contributed by atoms with E-state index in [1.54, 1.807) is 0 Å². The van der Waals surface area contributed by atoms with Crippen molar-refractivity contribution in [1.29, 1.82) is 0 Å². The molecule has 0 radical (unpaired) electrons. The molecule has 5 nitrogen and oxygen atoms in total. The fourth-order valence-electron chi connectivity index (χ4n) is 2.78. The van der Waals surface area contributed by atoms with Crippen LogP contribution in [0.25, 0.3) is 11.5 Å². The summed E-state index contributed by atoms with van der Waals surface area (Å²) in [7, 11) is 0. The first-order chi connectivity index (χ1) is 10.8. The van der Waals surface area contributed by atoms with Gasteiger partial charge in [0.05, 0.1) is 0 Å². The molecular weight excluding hydrogens is 278 g/mol. The van der Waals surface area contributed by atoms with E-state index < -0.39 is 0 Å². The van der Waals surface area contributed by atoms with E-state index in [9.17, 15) is 4.79 Å². The summed E-state index contributed by atoms with van der Waals surface area (Å²) in [6.45, 7) is 2.05. The van der Waals surface area contributed by atoms with Crippen LogP contribution in [0.2, 0.25) is 0 Å². The second-order valence-electron chi connectivity index (χ2n) is 5.75. The van der Waals surface area contributed by atoms with Crippen LogP contribution < -0.4 is 5.32 Å². The van der Waals surface area contributed by atoms with Crippen molar-refractivity contribution in [3.05, 3.63) is 29.3 Å². The third-order valence-corrected chi connectivity index (χ3v) is 4.02. The first-order valence-corrected chi connectivity index (χ1v) is 8.02. The normalized spacial score (nSPS) is 13.7. The van der Waals surface area contributed by atoms with Crippen LogP contribution in [0.5, 0.6) is 0 Å². The van der Waals surface area contributed by atoms with E-state index in [1.165, 1.54) is 24.0 Å². The van der Waals surface area contributed by atoms with Crippen molar-refractivity contribution in [2.24, 2.45) is 0 Å². The quantitative estimate of drug-likeness (QED) is 0.913. The number of fused-ring (bicyclic) bond motifs is 1. The van der Waals surface area contributed by atoms with E-state index in [0.717, 1.165) is 31.2 Å². The summed E-state index contributed by atoms with van der Waals surface area (Å²) in [5.41, 5.74) is 3.71. The van der Waals surface area contributed by atoms with Gasteiger partial charge in [0.1, 0.15) is 0 Å². The fraction of sp³-hybridized carbons (Fsp3) is 0.471. The molecule has 0 bridgehead atoms. The van der Waals surface area contributed by atoms with Gasteiger partial charge in [-0.3, -0.25) is 10.1 Å². The molecule has 116 valence electrons. The number of anilines is 1. The lowest BCUT2D eigenvalue weighted by molar-refractivity contribution is -0.116. The SMILES string of the molecule is CCCCC(=O)Nc1nnc(-c2ccc3c(c2)CCCC3)o1. The maximum Gasteiger partial charge on any atom is 0.322 e. The average Bonchev–Trinajstić information content (AvgIpc) is 3.01. The number of carbonyl (C=O) groups is 1. The Morgan fingerprint density at radius 2 is 2.05 bits per heavy atom. The van der Waals surface area contributed by atoms with Crippen molar-refractivity contribution in [2.45, 2.75) is 51.9 Å². The second kappa shape index (κ2) is 6.73. The number of carbonyl (C=O) groups excluding carboxylic acids is 1. The average molecular weight is 299 g/mol. The summed E-state index contributed by atoms with van der Waals surface area (Å²) < 4.78 is 5.56. The molecule has 0 atom stereocenters. The molecule has 1 aliphatic rings. The van der Waals surface area contributed by atoms with Crippen LogP contribution in [0.1, 0.15) is 50.2 Å². The van der Waals surface area contributed by atoms with Crippen molar-refractivity contribution < 1.29 is 9.21 Å². The number of aryl methyl sites for hydroxylation is 2. The number of hydrogen-bond acceptors (Lipinski definition) is 4. The third kappa shape index (κ3) is 3.35. The monoisotopic (exact) mass is 299 g/mol. The zero-order valence-corrected chi connectivity index (χ0v) is 12.9. The summed E-state index contributed by atoms with van der Waals surface area (Å²) in [6.07, 6.45) is 7.08. The molecule has 1 aliphatic carbocycles. The van der Waals surface area contributed by atoms with Crippen molar-refractivity contribution in [2.75, 3.05) is 5.32 Å². The molecular formula is C17H21N3O2. The fourth-order valence-corrected chi connectivity index (χ4v) is 2.78. The Labute approximate surface area is 130 Å². The standard InChI is InChI=1S/C17H21N3O2/c1-2-3-8-15(21)18-17-20-19-16(22-17)14-10-9-12-6-4-5-7-13(12)11-14/h9-11H,2-8H2,1H3,(H,18,20,21). The maximum absolute atomic E-state index is 11.7. The number of benzene rings is 1. The van der Waals surface area contributed by atoms with E-state index in [0.29, 0.717) is 12.3 Å². The number of nitrogens with one attached hydrogen (secondary N) is 1. The largest absolute Gasteiger partial charge is 0.403 e.